The Morgan fingerprint density at radius 2 is 2.14 bits per heavy atom. The van der Waals surface area contributed by atoms with Crippen LogP contribution in [0.4, 0.5) is 0 Å². The molecule has 0 spiro atoms. The maximum absolute atomic E-state index is 11.1. The van der Waals surface area contributed by atoms with E-state index in [9.17, 15) is 4.79 Å². The van der Waals surface area contributed by atoms with Crippen LogP contribution in [-0.2, 0) is 24.4 Å². The topological polar surface area (TPSA) is 74.4 Å². The van der Waals surface area contributed by atoms with Gasteiger partial charge in [-0.3, -0.25) is 9.78 Å². The van der Waals surface area contributed by atoms with E-state index in [4.69, 9.17) is 15.2 Å². The summed E-state index contributed by atoms with van der Waals surface area (Å²) in [5.74, 6) is 0.269. The van der Waals surface area contributed by atoms with Crippen molar-refractivity contribution in [2.45, 2.75) is 26.6 Å². The zero-order chi connectivity index (χ0) is 15.5. The molecule has 0 bridgehead atoms. The molecule has 0 atom stereocenters. The molecule has 2 heterocycles. The largest absolute Gasteiger partial charge is 0.489 e. The maximum Gasteiger partial charge on any atom is 0.248 e. The molecule has 1 aliphatic heterocycles. The number of nitrogens with zero attached hydrogens (tertiary/aromatic N) is 1. The van der Waals surface area contributed by atoms with E-state index in [-0.39, 0.29) is 0 Å². The summed E-state index contributed by atoms with van der Waals surface area (Å²) in [6.07, 6.45) is 0.863. The molecule has 5 heteroatoms. The number of rotatable bonds is 4. The molecule has 0 radical (unpaired) electrons. The first-order chi connectivity index (χ1) is 10.6. The number of aromatic nitrogens is 1. The van der Waals surface area contributed by atoms with Crippen LogP contribution in [0.5, 0.6) is 5.75 Å². The van der Waals surface area contributed by atoms with Crippen molar-refractivity contribution in [3.8, 4) is 5.75 Å². The molecular formula is C17H18N2O3. The fourth-order valence-electron chi connectivity index (χ4n) is 2.61. The number of aryl methyl sites for hydroxylation is 1. The Morgan fingerprint density at radius 1 is 1.36 bits per heavy atom. The lowest BCUT2D eigenvalue weighted by Crippen LogP contribution is -2.16. The van der Waals surface area contributed by atoms with Gasteiger partial charge in [0, 0.05) is 11.3 Å². The van der Waals surface area contributed by atoms with E-state index in [1.807, 2.05) is 6.92 Å². The zero-order valence-corrected chi connectivity index (χ0v) is 12.5. The van der Waals surface area contributed by atoms with Gasteiger partial charge < -0.3 is 15.2 Å². The second-order valence-electron chi connectivity index (χ2n) is 5.33. The number of nitrogens with two attached hydrogens (primary N) is 1. The van der Waals surface area contributed by atoms with E-state index in [1.165, 1.54) is 5.56 Å². The fraction of sp³-hybridized carbons (Fsp3) is 0.294. The number of amides is 1. The molecule has 22 heavy (non-hydrogen) atoms. The number of hydrogen-bond acceptors (Lipinski definition) is 4. The molecule has 1 aliphatic rings. The Labute approximate surface area is 129 Å². The Hall–Kier alpha value is -2.40. The molecule has 114 valence electrons. The van der Waals surface area contributed by atoms with Gasteiger partial charge in [-0.25, -0.2) is 0 Å². The van der Waals surface area contributed by atoms with Crippen molar-refractivity contribution in [3.63, 3.8) is 0 Å². The molecule has 3 rings (SSSR count). The monoisotopic (exact) mass is 298 g/mol. The van der Waals surface area contributed by atoms with E-state index >= 15 is 0 Å². The second-order valence-corrected chi connectivity index (χ2v) is 5.33. The minimum atomic E-state index is -0.439. The average Bonchev–Trinajstić information content (AvgIpc) is 2.52. The van der Waals surface area contributed by atoms with Crippen molar-refractivity contribution in [1.82, 2.24) is 4.98 Å². The van der Waals surface area contributed by atoms with E-state index in [0.29, 0.717) is 24.5 Å². The van der Waals surface area contributed by atoms with Crippen molar-refractivity contribution in [3.05, 3.63) is 58.4 Å². The van der Waals surface area contributed by atoms with E-state index in [2.05, 4.69) is 11.1 Å². The summed E-state index contributed by atoms with van der Waals surface area (Å²) in [5.41, 5.74) is 10.0. The molecule has 0 fully saturated rings. The van der Waals surface area contributed by atoms with Gasteiger partial charge in [0.25, 0.3) is 0 Å². The highest BCUT2D eigenvalue weighted by Crippen LogP contribution is 2.22. The van der Waals surface area contributed by atoms with Crippen LogP contribution in [0.25, 0.3) is 0 Å². The molecular weight excluding hydrogens is 280 g/mol. The highest BCUT2D eigenvalue weighted by molar-refractivity contribution is 5.92. The minimum absolute atomic E-state index is 0.439. The van der Waals surface area contributed by atoms with Crippen LogP contribution in [0, 0.1) is 6.92 Å². The van der Waals surface area contributed by atoms with Crippen molar-refractivity contribution >= 4 is 5.91 Å². The summed E-state index contributed by atoms with van der Waals surface area (Å²) in [4.78, 5) is 15.6. The summed E-state index contributed by atoms with van der Waals surface area (Å²) in [6.45, 7) is 3.73. The van der Waals surface area contributed by atoms with Gasteiger partial charge in [0.1, 0.15) is 12.4 Å². The third-order valence-corrected chi connectivity index (χ3v) is 3.70. The number of carbonyl (C=O) groups is 1. The van der Waals surface area contributed by atoms with Gasteiger partial charge in [-0.2, -0.15) is 0 Å². The second kappa shape index (κ2) is 6.15. The third kappa shape index (κ3) is 3.09. The Kier molecular flexibility index (Phi) is 4.06. The van der Waals surface area contributed by atoms with Gasteiger partial charge >= 0.3 is 0 Å². The number of fused-ring (bicyclic) bond motifs is 1. The SMILES string of the molecule is Cc1cc(COc2ccc(C(N)=O)cc2)c2c(n1)COCC2. The number of pyridine rings is 1. The Bertz CT molecular complexity index is 696. The lowest BCUT2D eigenvalue weighted by molar-refractivity contribution is 0.1000. The van der Waals surface area contributed by atoms with Gasteiger partial charge in [-0.1, -0.05) is 0 Å². The van der Waals surface area contributed by atoms with Gasteiger partial charge in [0.2, 0.25) is 5.91 Å². The zero-order valence-electron chi connectivity index (χ0n) is 12.5. The quantitative estimate of drug-likeness (QED) is 0.938. The summed E-state index contributed by atoms with van der Waals surface area (Å²) < 4.78 is 11.3. The van der Waals surface area contributed by atoms with Crippen LogP contribution in [0.2, 0.25) is 0 Å². The molecule has 0 saturated carbocycles. The standard InChI is InChI=1S/C17H18N2O3/c1-11-8-13(15-6-7-21-10-16(15)19-11)9-22-14-4-2-12(3-5-14)17(18)20/h2-5,8H,6-7,9-10H2,1H3,(H2,18,20). The normalized spacial score (nSPS) is 13.5. The van der Waals surface area contributed by atoms with Gasteiger partial charge in [-0.15, -0.1) is 0 Å². The Balaban J connectivity index is 1.76. The third-order valence-electron chi connectivity index (χ3n) is 3.70. The maximum atomic E-state index is 11.1. The predicted molar refractivity (Wildman–Crippen MR) is 81.6 cm³/mol. The summed E-state index contributed by atoms with van der Waals surface area (Å²) >= 11 is 0. The molecule has 2 aromatic rings. The van der Waals surface area contributed by atoms with Crippen LogP contribution in [0.3, 0.4) is 0 Å². The fourth-order valence-corrected chi connectivity index (χ4v) is 2.61. The number of ether oxygens (including phenoxy) is 2. The van der Waals surface area contributed by atoms with Crippen molar-refractivity contribution in [2.24, 2.45) is 5.73 Å². The lowest BCUT2D eigenvalue weighted by atomic mass is 10.0. The molecule has 1 aromatic heterocycles. The van der Waals surface area contributed by atoms with E-state index in [0.717, 1.165) is 30.0 Å². The van der Waals surface area contributed by atoms with Crippen molar-refractivity contribution in [1.29, 1.82) is 0 Å². The van der Waals surface area contributed by atoms with Gasteiger partial charge in [-0.05, 0) is 54.8 Å². The smallest absolute Gasteiger partial charge is 0.248 e. The average molecular weight is 298 g/mol. The number of carbonyl (C=O) groups excluding carboxylic acids is 1. The predicted octanol–water partition coefficient (Wildman–Crippen LogP) is 2.14. The van der Waals surface area contributed by atoms with Crippen LogP contribution in [-0.4, -0.2) is 17.5 Å². The van der Waals surface area contributed by atoms with E-state index < -0.39 is 5.91 Å². The van der Waals surface area contributed by atoms with Crippen LogP contribution < -0.4 is 10.5 Å². The van der Waals surface area contributed by atoms with Gasteiger partial charge in [0.15, 0.2) is 0 Å². The van der Waals surface area contributed by atoms with Crippen LogP contribution >= 0.6 is 0 Å². The minimum Gasteiger partial charge on any atom is -0.489 e. The molecule has 2 N–H and O–H groups in total. The summed E-state index contributed by atoms with van der Waals surface area (Å²) in [6, 6.07) is 8.90. The molecule has 1 aromatic carbocycles. The molecule has 1 amide bonds. The number of hydrogen-bond donors (Lipinski definition) is 1. The first-order valence-electron chi connectivity index (χ1n) is 7.22. The highest BCUT2D eigenvalue weighted by atomic mass is 16.5. The first-order valence-corrected chi connectivity index (χ1v) is 7.22. The first kappa shape index (κ1) is 14.5. The number of primary amides is 1. The Morgan fingerprint density at radius 3 is 2.86 bits per heavy atom. The van der Waals surface area contributed by atoms with E-state index in [1.54, 1.807) is 24.3 Å². The molecule has 0 saturated heterocycles. The molecule has 5 nitrogen and oxygen atoms in total. The summed E-state index contributed by atoms with van der Waals surface area (Å²) in [7, 11) is 0. The summed E-state index contributed by atoms with van der Waals surface area (Å²) in [5, 5.41) is 0. The highest BCUT2D eigenvalue weighted by Gasteiger charge is 2.16. The lowest BCUT2D eigenvalue weighted by Gasteiger charge is -2.20. The van der Waals surface area contributed by atoms with Crippen LogP contribution in [0.15, 0.2) is 30.3 Å². The number of benzene rings is 1. The van der Waals surface area contributed by atoms with Crippen LogP contribution in [0.1, 0.15) is 32.9 Å². The molecule has 0 unspecified atom stereocenters. The van der Waals surface area contributed by atoms with Crippen molar-refractivity contribution < 1.29 is 14.3 Å². The van der Waals surface area contributed by atoms with Crippen molar-refractivity contribution in [2.75, 3.05) is 6.61 Å². The van der Waals surface area contributed by atoms with Gasteiger partial charge in [0.05, 0.1) is 18.9 Å². The molecule has 0 aliphatic carbocycles.